The lowest BCUT2D eigenvalue weighted by molar-refractivity contribution is 0.147. The Morgan fingerprint density at radius 1 is 1.21 bits per heavy atom. The minimum atomic E-state index is -2.53. The zero-order chi connectivity index (χ0) is 10.3. The summed E-state index contributed by atoms with van der Waals surface area (Å²) in [5.74, 6) is 0. The molecular weight excluding hydrogens is 322 g/mol. The number of H-pyrrole nitrogens is 1. The van der Waals surface area contributed by atoms with Gasteiger partial charge in [-0.15, -0.1) is 0 Å². The summed E-state index contributed by atoms with van der Waals surface area (Å²) in [4.78, 5) is 0. The van der Waals surface area contributed by atoms with Crippen LogP contribution < -0.4 is 0 Å². The van der Waals surface area contributed by atoms with E-state index in [-0.39, 0.29) is 5.69 Å². The van der Waals surface area contributed by atoms with Gasteiger partial charge in [0.15, 0.2) is 0 Å². The van der Waals surface area contributed by atoms with Crippen molar-refractivity contribution in [2.45, 2.75) is 6.43 Å². The van der Waals surface area contributed by atoms with Gasteiger partial charge in [0.05, 0.1) is 5.52 Å². The predicted molar refractivity (Wildman–Crippen MR) is 56.5 cm³/mol. The average molecular weight is 326 g/mol. The van der Waals surface area contributed by atoms with E-state index >= 15 is 0 Å². The SMILES string of the molecule is FC(F)c1[nH]nc2cc(Br)c(Br)cc12. The molecule has 74 valence electrons. The van der Waals surface area contributed by atoms with Crippen molar-refractivity contribution in [3.05, 3.63) is 26.8 Å². The van der Waals surface area contributed by atoms with Crippen molar-refractivity contribution in [3.63, 3.8) is 0 Å². The molecule has 2 nitrogen and oxygen atoms in total. The Morgan fingerprint density at radius 2 is 1.86 bits per heavy atom. The van der Waals surface area contributed by atoms with Crippen LogP contribution in [0.4, 0.5) is 8.78 Å². The average Bonchev–Trinajstić information content (AvgIpc) is 2.48. The lowest BCUT2D eigenvalue weighted by atomic mass is 10.2. The van der Waals surface area contributed by atoms with E-state index in [9.17, 15) is 8.78 Å². The minimum Gasteiger partial charge on any atom is -0.276 e. The monoisotopic (exact) mass is 324 g/mol. The lowest BCUT2D eigenvalue weighted by Crippen LogP contribution is -1.84. The first-order chi connectivity index (χ1) is 6.59. The van der Waals surface area contributed by atoms with Crippen molar-refractivity contribution in [2.75, 3.05) is 0 Å². The van der Waals surface area contributed by atoms with Crippen LogP contribution in [-0.2, 0) is 0 Å². The standard InChI is InChI=1S/C8H4Br2F2N2/c9-4-1-3-6(2-5(4)10)13-14-7(3)8(11)12/h1-2,8H,(H,13,14). The Hall–Kier alpha value is -0.490. The van der Waals surface area contributed by atoms with Crippen LogP contribution in [0.15, 0.2) is 21.1 Å². The zero-order valence-corrected chi connectivity index (χ0v) is 9.86. The largest absolute Gasteiger partial charge is 0.280 e. The number of halogens is 4. The van der Waals surface area contributed by atoms with Gasteiger partial charge in [0, 0.05) is 14.3 Å². The zero-order valence-electron chi connectivity index (χ0n) is 6.69. The van der Waals surface area contributed by atoms with E-state index in [0.717, 1.165) is 8.95 Å². The predicted octanol–water partition coefficient (Wildman–Crippen LogP) is 4.03. The number of benzene rings is 1. The highest BCUT2D eigenvalue weighted by molar-refractivity contribution is 9.13. The van der Waals surface area contributed by atoms with Gasteiger partial charge in [-0.25, -0.2) is 8.78 Å². The fourth-order valence-corrected chi connectivity index (χ4v) is 1.87. The van der Waals surface area contributed by atoms with E-state index in [2.05, 4.69) is 42.1 Å². The summed E-state index contributed by atoms with van der Waals surface area (Å²) in [6, 6.07) is 3.30. The maximum atomic E-state index is 12.5. The van der Waals surface area contributed by atoms with Crippen LogP contribution in [0.25, 0.3) is 10.9 Å². The molecule has 1 aromatic heterocycles. The smallest absolute Gasteiger partial charge is 0.276 e. The molecule has 1 heterocycles. The molecule has 0 radical (unpaired) electrons. The van der Waals surface area contributed by atoms with Gasteiger partial charge >= 0.3 is 0 Å². The number of nitrogens with zero attached hydrogens (tertiary/aromatic N) is 1. The summed E-state index contributed by atoms with van der Waals surface area (Å²) in [6.45, 7) is 0. The van der Waals surface area contributed by atoms with Crippen LogP contribution in [0, 0.1) is 0 Å². The van der Waals surface area contributed by atoms with Gasteiger partial charge in [0.25, 0.3) is 6.43 Å². The lowest BCUT2D eigenvalue weighted by Gasteiger charge is -1.97. The van der Waals surface area contributed by atoms with Crippen LogP contribution >= 0.6 is 31.9 Å². The molecule has 0 bridgehead atoms. The molecule has 0 saturated carbocycles. The van der Waals surface area contributed by atoms with Gasteiger partial charge in [-0.3, -0.25) is 5.10 Å². The molecule has 0 fully saturated rings. The summed E-state index contributed by atoms with van der Waals surface area (Å²) in [5, 5.41) is 6.55. The molecule has 0 spiro atoms. The first-order valence-electron chi connectivity index (χ1n) is 3.70. The maximum absolute atomic E-state index is 12.5. The maximum Gasteiger partial charge on any atom is 0.280 e. The summed E-state index contributed by atoms with van der Waals surface area (Å²) in [5.41, 5.74) is 0.378. The third-order valence-electron chi connectivity index (χ3n) is 1.84. The molecule has 2 aromatic rings. The number of hydrogen-bond donors (Lipinski definition) is 1. The Labute approximate surface area is 94.9 Å². The Kier molecular flexibility index (Phi) is 2.57. The third kappa shape index (κ3) is 1.56. The molecule has 0 aliphatic heterocycles. The second kappa shape index (κ2) is 3.58. The Balaban J connectivity index is 2.74. The molecule has 14 heavy (non-hydrogen) atoms. The normalized spacial score (nSPS) is 11.5. The van der Waals surface area contributed by atoms with Gasteiger partial charge < -0.3 is 0 Å². The summed E-state index contributed by atoms with van der Waals surface area (Å²) >= 11 is 6.53. The molecule has 0 amide bonds. The van der Waals surface area contributed by atoms with Gasteiger partial charge in [-0.05, 0) is 44.0 Å². The first kappa shape index (κ1) is 10.0. The molecule has 0 aliphatic carbocycles. The second-order valence-corrected chi connectivity index (χ2v) is 4.43. The first-order valence-corrected chi connectivity index (χ1v) is 5.29. The number of hydrogen-bond acceptors (Lipinski definition) is 1. The van der Waals surface area contributed by atoms with E-state index in [0.29, 0.717) is 10.9 Å². The van der Waals surface area contributed by atoms with Crippen molar-refractivity contribution in [1.82, 2.24) is 10.2 Å². The van der Waals surface area contributed by atoms with E-state index in [1.165, 1.54) is 0 Å². The van der Waals surface area contributed by atoms with Gasteiger partial charge in [0.1, 0.15) is 5.69 Å². The van der Waals surface area contributed by atoms with E-state index < -0.39 is 6.43 Å². The Morgan fingerprint density at radius 3 is 2.50 bits per heavy atom. The molecule has 2 rings (SSSR count). The highest BCUT2D eigenvalue weighted by Crippen LogP contribution is 2.32. The molecule has 0 saturated heterocycles. The molecule has 6 heteroatoms. The Bertz CT molecular complexity index is 481. The van der Waals surface area contributed by atoms with Crippen molar-refractivity contribution in [3.8, 4) is 0 Å². The number of rotatable bonds is 1. The van der Waals surface area contributed by atoms with Crippen LogP contribution in [0.5, 0.6) is 0 Å². The van der Waals surface area contributed by atoms with Gasteiger partial charge in [0.2, 0.25) is 0 Å². The van der Waals surface area contributed by atoms with E-state index in [1.807, 2.05) is 0 Å². The fourth-order valence-electron chi connectivity index (χ4n) is 1.19. The summed E-state index contributed by atoms with van der Waals surface area (Å²) in [6.07, 6.45) is -2.53. The molecule has 0 aliphatic rings. The number of nitrogens with one attached hydrogen (secondary N) is 1. The van der Waals surface area contributed by atoms with Crippen molar-refractivity contribution < 1.29 is 8.78 Å². The minimum absolute atomic E-state index is 0.145. The van der Waals surface area contributed by atoms with Gasteiger partial charge in [-0.1, -0.05) is 0 Å². The molecule has 0 unspecified atom stereocenters. The highest BCUT2D eigenvalue weighted by atomic mass is 79.9. The molecule has 0 atom stereocenters. The number of aromatic nitrogens is 2. The number of fused-ring (bicyclic) bond motifs is 1. The van der Waals surface area contributed by atoms with Gasteiger partial charge in [-0.2, -0.15) is 5.10 Å². The van der Waals surface area contributed by atoms with E-state index in [4.69, 9.17) is 0 Å². The van der Waals surface area contributed by atoms with Crippen LogP contribution in [0.1, 0.15) is 12.1 Å². The van der Waals surface area contributed by atoms with Crippen LogP contribution in [-0.4, -0.2) is 10.2 Å². The summed E-state index contributed by atoms with van der Waals surface area (Å²) in [7, 11) is 0. The second-order valence-electron chi connectivity index (χ2n) is 2.72. The summed E-state index contributed by atoms with van der Waals surface area (Å²) < 4.78 is 26.4. The number of alkyl halides is 2. The van der Waals surface area contributed by atoms with Crippen LogP contribution in [0.3, 0.4) is 0 Å². The highest BCUT2D eigenvalue weighted by Gasteiger charge is 2.15. The van der Waals surface area contributed by atoms with Crippen molar-refractivity contribution in [1.29, 1.82) is 0 Å². The van der Waals surface area contributed by atoms with Crippen molar-refractivity contribution >= 4 is 42.8 Å². The van der Waals surface area contributed by atoms with Crippen molar-refractivity contribution in [2.24, 2.45) is 0 Å². The fraction of sp³-hybridized carbons (Fsp3) is 0.125. The molecular formula is C8H4Br2F2N2. The topological polar surface area (TPSA) is 28.7 Å². The van der Waals surface area contributed by atoms with Crippen LogP contribution in [0.2, 0.25) is 0 Å². The third-order valence-corrected chi connectivity index (χ3v) is 3.69. The number of aromatic amines is 1. The molecule has 1 N–H and O–H groups in total. The molecule has 1 aromatic carbocycles. The van der Waals surface area contributed by atoms with E-state index in [1.54, 1.807) is 12.1 Å². The quantitative estimate of drug-likeness (QED) is 0.842.